The summed E-state index contributed by atoms with van der Waals surface area (Å²) in [7, 11) is 0. The van der Waals surface area contributed by atoms with Crippen LogP contribution in [-0.4, -0.2) is 17.5 Å². The molecule has 2 heteroatoms. The van der Waals surface area contributed by atoms with Gasteiger partial charge in [0.2, 0.25) is 0 Å². The molecule has 0 heterocycles. The second-order valence-electron chi connectivity index (χ2n) is 4.18. The first-order chi connectivity index (χ1) is 7.70. The van der Waals surface area contributed by atoms with Crippen LogP contribution >= 0.6 is 0 Å². The Morgan fingerprint density at radius 2 is 2.00 bits per heavy atom. The van der Waals surface area contributed by atoms with Gasteiger partial charge in [-0.2, -0.15) is 0 Å². The van der Waals surface area contributed by atoms with Crippen molar-refractivity contribution in [2.45, 2.75) is 58.0 Å². The van der Waals surface area contributed by atoms with Crippen LogP contribution in [0.15, 0.2) is 24.3 Å². The number of aliphatic hydroxyl groups excluding tert-OH is 1. The SMILES string of the molecule is C=C(C=O)CC(O)CC/C=C/CCCCC. The van der Waals surface area contributed by atoms with Gasteiger partial charge in [-0.25, -0.2) is 0 Å². The molecule has 0 saturated carbocycles. The van der Waals surface area contributed by atoms with E-state index in [9.17, 15) is 9.90 Å². The van der Waals surface area contributed by atoms with Crippen molar-refractivity contribution in [3.05, 3.63) is 24.3 Å². The van der Waals surface area contributed by atoms with E-state index in [4.69, 9.17) is 0 Å². The fourth-order valence-electron chi connectivity index (χ4n) is 1.49. The molecule has 0 radical (unpaired) electrons. The third kappa shape index (κ3) is 9.66. The summed E-state index contributed by atoms with van der Waals surface area (Å²) in [5.74, 6) is 0. The van der Waals surface area contributed by atoms with E-state index in [1.807, 2.05) is 0 Å². The van der Waals surface area contributed by atoms with Crippen LogP contribution in [0.4, 0.5) is 0 Å². The summed E-state index contributed by atoms with van der Waals surface area (Å²) < 4.78 is 0. The standard InChI is InChI=1S/C14H24O2/c1-3-4-5-6-7-8-9-10-14(16)11-13(2)12-15/h7-8,12,14,16H,2-6,9-11H2,1H3/b8-7+. The number of aldehydes is 1. The predicted octanol–water partition coefficient (Wildman–Crippen LogP) is 3.41. The molecule has 0 bridgehead atoms. The molecule has 0 spiro atoms. The van der Waals surface area contributed by atoms with E-state index in [0.29, 0.717) is 24.7 Å². The number of carbonyl (C=O) groups excluding carboxylic acids is 1. The normalized spacial score (nSPS) is 12.9. The molecule has 1 unspecified atom stereocenters. The van der Waals surface area contributed by atoms with Crippen molar-refractivity contribution in [3.63, 3.8) is 0 Å². The molecule has 0 aliphatic rings. The van der Waals surface area contributed by atoms with E-state index >= 15 is 0 Å². The lowest BCUT2D eigenvalue weighted by Gasteiger charge is -2.07. The van der Waals surface area contributed by atoms with Crippen LogP contribution in [0.3, 0.4) is 0 Å². The molecule has 0 aliphatic carbocycles. The number of unbranched alkanes of at least 4 members (excludes halogenated alkanes) is 3. The summed E-state index contributed by atoms with van der Waals surface area (Å²) in [4.78, 5) is 10.3. The van der Waals surface area contributed by atoms with Crippen molar-refractivity contribution in [1.29, 1.82) is 0 Å². The van der Waals surface area contributed by atoms with Crippen molar-refractivity contribution in [3.8, 4) is 0 Å². The number of carbonyl (C=O) groups is 1. The average Bonchev–Trinajstić information content (AvgIpc) is 2.27. The molecule has 0 rings (SSSR count). The Bertz CT molecular complexity index is 219. The van der Waals surface area contributed by atoms with Gasteiger partial charge in [0.25, 0.3) is 0 Å². The van der Waals surface area contributed by atoms with Crippen molar-refractivity contribution < 1.29 is 9.90 Å². The molecule has 0 amide bonds. The molecule has 2 nitrogen and oxygen atoms in total. The van der Waals surface area contributed by atoms with Crippen molar-refractivity contribution in [1.82, 2.24) is 0 Å². The lowest BCUT2D eigenvalue weighted by Crippen LogP contribution is -2.07. The van der Waals surface area contributed by atoms with E-state index in [1.165, 1.54) is 19.3 Å². The van der Waals surface area contributed by atoms with E-state index in [-0.39, 0.29) is 0 Å². The monoisotopic (exact) mass is 224 g/mol. The van der Waals surface area contributed by atoms with Gasteiger partial charge in [0.15, 0.2) is 0 Å². The summed E-state index contributed by atoms with van der Waals surface area (Å²) in [5, 5.41) is 9.54. The fourth-order valence-corrected chi connectivity index (χ4v) is 1.49. The minimum absolute atomic E-state index is 0.396. The molecular formula is C14H24O2. The fraction of sp³-hybridized carbons (Fsp3) is 0.643. The second kappa shape index (κ2) is 10.6. The third-order valence-corrected chi connectivity index (χ3v) is 2.47. The molecule has 92 valence electrons. The Hall–Kier alpha value is -0.890. The average molecular weight is 224 g/mol. The summed E-state index contributed by atoms with van der Waals surface area (Å²) >= 11 is 0. The highest BCUT2D eigenvalue weighted by atomic mass is 16.3. The summed E-state index contributed by atoms with van der Waals surface area (Å²) in [5.41, 5.74) is 0.472. The van der Waals surface area contributed by atoms with E-state index in [2.05, 4.69) is 25.7 Å². The molecular weight excluding hydrogens is 200 g/mol. The molecule has 0 fully saturated rings. The maximum absolute atomic E-state index is 10.3. The minimum atomic E-state index is -0.432. The lowest BCUT2D eigenvalue weighted by molar-refractivity contribution is -0.105. The Morgan fingerprint density at radius 3 is 2.62 bits per heavy atom. The number of allylic oxidation sites excluding steroid dienone is 2. The Kier molecular flexibility index (Phi) is 10.0. The predicted molar refractivity (Wildman–Crippen MR) is 68.3 cm³/mol. The Labute approximate surface area is 99.1 Å². The van der Waals surface area contributed by atoms with Crippen molar-refractivity contribution in [2.75, 3.05) is 0 Å². The van der Waals surface area contributed by atoms with E-state index in [1.54, 1.807) is 0 Å². The van der Waals surface area contributed by atoms with Gasteiger partial charge in [0.1, 0.15) is 6.29 Å². The molecule has 0 aromatic heterocycles. The maximum Gasteiger partial charge on any atom is 0.145 e. The van der Waals surface area contributed by atoms with Crippen LogP contribution in [0.25, 0.3) is 0 Å². The highest BCUT2D eigenvalue weighted by molar-refractivity contribution is 5.71. The van der Waals surface area contributed by atoms with Crippen LogP contribution in [0.1, 0.15) is 51.9 Å². The summed E-state index contributed by atoms with van der Waals surface area (Å²) in [6.07, 6.45) is 11.5. The molecule has 0 aromatic carbocycles. The first-order valence-corrected chi connectivity index (χ1v) is 6.16. The highest BCUT2D eigenvalue weighted by Crippen LogP contribution is 2.08. The number of hydrogen-bond donors (Lipinski definition) is 1. The molecule has 16 heavy (non-hydrogen) atoms. The van der Waals surface area contributed by atoms with Crippen LogP contribution in [-0.2, 0) is 4.79 Å². The number of aliphatic hydroxyl groups is 1. The highest BCUT2D eigenvalue weighted by Gasteiger charge is 2.04. The summed E-state index contributed by atoms with van der Waals surface area (Å²) in [6, 6.07) is 0. The van der Waals surface area contributed by atoms with Gasteiger partial charge in [-0.1, -0.05) is 38.5 Å². The van der Waals surface area contributed by atoms with Crippen LogP contribution in [0.5, 0.6) is 0 Å². The quantitative estimate of drug-likeness (QED) is 0.267. The van der Waals surface area contributed by atoms with Gasteiger partial charge in [-0.15, -0.1) is 0 Å². The van der Waals surface area contributed by atoms with Crippen molar-refractivity contribution >= 4 is 6.29 Å². The largest absolute Gasteiger partial charge is 0.393 e. The molecule has 0 saturated heterocycles. The minimum Gasteiger partial charge on any atom is -0.393 e. The summed E-state index contributed by atoms with van der Waals surface area (Å²) in [6.45, 7) is 5.74. The van der Waals surface area contributed by atoms with Gasteiger partial charge < -0.3 is 5.11 Å². The lowest BCUT2D eigenvalue weighted by atomic mass is 10.1. The third-order valence-electron chi connectivity index (χ3n) is 2.47. The van der Waals surface area contributed by atoms with Crippen LogP contribution in [0.2, 0.25) is 0 Å². The topological polar surface area (TPSA) is 37.3 Å². The Morgan fingerprint density at radius 1 is 1.31 bits per heavy atom. The van der Waals surface area contributed by atoms with Gasteiger partial charge in [0, 0.05) is 6.42 Å². The van der Waals surface area contributed by atoms with E-state index < -0.39 is 6.10 Å². The number of hydrogen-bond acceptors (Lipinski definition) is 2. The zero-order chi connectivity index (χ0) is 12.2. The smallest absolute Gasteiger partial charge is 0.145 e. The van der Waals surface area contributed by atoms with Crippen molar-refractivity contribution in [2.24, 2.45) is 0 Å². The first-order valence-electron chi connectivity index (χ1n) is 6.16. The zero-order valence-electron chi connectivity index (χ0n) is 10.3. The van der Waals surface area contributed by atoms with Crippen LogP contribution in [0, 0.1) is 0 Å². The first kappa shape index (κ1) is 15.1. The van der Waals surface area contributed by atoms with Gasteiger partial charge >= 0.3 is 0 Å². The maximum atomic E-state index is 10.3. The van der Waals surface area contributed by atoms with Gasteiger partial charge in [-0.3, -0.25) is 4.79 Å². The number of rotatable bonds is 10. The van der Waals surface area contributed by atoms with Gasteiger partial charge in [-0.05, 0) is 31.3 Å². The second-order valence-corrected chi connectivity index (χ2v) is 4.18. The molecule has 1 N–H and O–H groups in total. The van der Waals surface area contributed by atoms with Gasteiger partial charge in [0.05, 0.1) is 6.10 Å². The molecule has 1 atom stereocenters. The van der Waals surface area contributed by atoms with Crippen LogP contribution < -0.4 is 0 Å². The van der Waals surface area contributed by atoms with E-state index in [0.717, 1.165) is 12.8 Å². The Balaban J connectivity index is 3.42. The molecule has 0 aromatic rings. The zero-order valence-corrected chi connectivity index (χ0v) is 10.3. The molecule has 0 aliphatic heterocycles.